The van der Waals surface area contributed by atoms with Crippen molar-refractivity contribution in [2.24, 2.45) is 5.92 Å². The fourth-order valence-corrected chi connectivity index (χ4v) is 3.30. The summed E-state index contributed by atoms with van der Waals surface area (Å²) in [6.07, 6.45) is -4.49. The molecule has 0 fully saturated rings. The van der Waals surface area contributed by atoms with Crippen LogP contribution in [0.15, 0.2) is 53.4 Å². The van der Waals surface area contributed by atoms with E-state index in [9.17, 15) is 26.4 Å². The standard InChI is InChI=1S/C18H19F3N2O4S/c1-12(2)11-17(24)22-13-3-5-14(6-4-13)23-28(25,26)16-9-7-15(8-10-16)27-18(19,20)21/h3-10,12,23H,11H2,1-2H3,(H,22,24). The molecule has 0 radical (unpaired) electrons. The van der Waals surface area contributed by atoms with Gasteiger partial charge in [-0.25, -0.2) is 8.42 Å². The zero-order valence-corrected chi connectivity index (χ0v) is 15.9. The number of rotatable bonds is 7. The van der Waals surface area contributed by atoms with Gasteiger partial charge in [0.2, 0.25) is 5.91 Å². The smallest absolute Gasteiger partial charge is 0.406 e. The average Bonchev–Trinajstić information content (AvgIpc) is 2.54. The maximum absolute atomic E-state index is 12.3. The van der Waals surface area contributed by atoms with Gasteiger partial charge in [-0.2, -0.15) is 0 Å². The predicted molar refractivity (Wildman–Crippen MR) is 98.5 cm³/mol. The lowest BCUT2D eigenvalue weighted by Gasteiger charge is -2.11. The van der Waals surface area contributed by atoms with E-state index in [4.69, 9.17) is 0 Å². The van der Waals surface area contributed by atoms with Crippen LogP contribution in [0.3, 0.4) is 0 Å². The molecule has 1 amide bonds. The molecule has 0 spiro atoms. The monoisotopic (exact) mass is 416 g/mol. The number of carbonyl (C=O) groups is 1. The first-order valence-electron chi connectivity index (χ1n) is 8.23. The van der Waals surface area contributed by atoms with Gasteiger partial charge in [0.1, 0.15) is 5.75 Å². The van der Waals surface area contributed by atoms with Crippen LogP contribution in [0.2, 0.25) is 0 Å². The first-order valence-corrected chi connectivity index (χ1v) is 9.71. The van der Waals surface area contributed by atoms with Crippen molar-refractivity contribution in [3.8, 4) is 5.75 Å². The van der Waals surface area contributed by atoms with E-state index in [0.717, 1.165) is 24.3 Å². The Balaban J connectivity index is 2.04. The highest BCUT2D eigenvalue weighted by Gasteiger charge is 2.31. The number of sulfonamides is 1. The second-order valence-corrected chi connectivity index (χ2v) is 8.03. The van der Waals surface area contributed by atoms with Crippen molar-refractivity contribution in [1.82, 2.24) is 0 Å². The molecule has 0 aliphatic carbocycles. The van der Waals surface area contributed by atoms with Gasteiger partial charge in [0.15, 0.2) is 0 Å². The molecule has 2 aromatic rings. The predicted octanol–water partition coefficient (Wildman–Crippen LogP) is 4.37. The number of ether oxygens (including phenoxy) is 1. The number of alkyl halides is 3. The number of benzene rings is 2. The molecular weight excluding hydrogens is 397 g/mol. The van der Waals surface area contributed by atoms with Gasteiger partial charge >= 0.3 is 6.36 Å². The van der Waals surface area contributed by atoms with Crippen LogP contribution in [0.25, 0.3) is 0 Å². The third-order valence-corrected chi connectivity index (χ3v) is 4.78. The zero-order valence-electron chi connectivity index (χ0n) is 15.1. The summed E-state index contributed by atoms with van der Waals surface area (Å²) >= 11 is 0. The van der Waals surface area contributed by atoms with Gasteiger partial charge in [0, 0.05) is 17.8 Å². The Hall–Kier alpha value is -2.75. The van der Waals surface area contributed by atoms with E-state index < -0.39 is 22.1 Å². The largest absolute Gasteiger partial charge is 0.573 e. The normalized spacial score (nSPS) is 11.9. The first-order chi connectivity index (χ1) is 12.9. The molecule has 0 atom stereocenters. The number of carbonyl (C=O) groups excluding carboxylic acids is 1. The van der Waals surface area contributed by atoms with Crippen molar-refractivity contribution in [2.75, 3.05) is 10.0 Å². The molecule has 0 unspecified atom stereocenters. The van der Waals surface area contributed by atoms with Crippen molar-refractivity contribution in [3.63, 3.8) is 0 Å². The third kappa shape index (κ3) is 6.76. The molecule has 0 bridgehead atoms. The van der Waals surface area contributed by atoms with Crippen molar-refractivity contribution in [3.05, 3.63) is 48.5 Å². The molecule has 28 heavy (non-hydrogen) atoms. The molecule has 2 aromatic carbocycles. The van der Waals surface area contributed by atoms with Crippen LogP contribution in [-0.2, 0) is 14.8 Å². The maximum Gasteiger partial charge on any atom is 0.573 e. The highest BCUT2D eigenvalue weighted by atomic mass is 32.2. The van der Waals surface area contributed by atoms with E-state index in [1.807, 2.05) is 13.8 Å². The zero-order chi connectivity index (χ0) is 20.9. The fourth-order valence-electron chi connectivity index (χ4n) is 2.24. The number of hydrogen-bond donors (Lipinski definition) is 2. The highest BCUT2D eigenvalue weighted by Crippen LogP contribution is 2.25. The maximum atomic E-state index is 12.3. The van der Waals surface area contributed by atoms with Crippen molar-refractivity contribution >= 4 is 27.3 Å². The molecule has 6 nitrogen and oxygen atoms in total. The summed E-state index contributed by atoms with van der Waals surface area (Å²) in [5, 5.41) is 2.70. The van der Waals surface area contributed by atoms with E-state index in [1.165, 1.54) is 24.3 Å². The number of anilines is 2. The van der Waals surface area contributed by atoms with Crippen LogP contribution >= 0.6 is 0 Å². The van der Waals surface area contributed by atoms with Crippen LogP contribution in [0.4, 0.5) is 24.5 Å². The average molecular weight is 416 g/mol. The number of halogens is 3. The van der Waals surface area contributed by atoms with Crippen molar-refractivity contribution in [2.45, 2.75) is 31.5 Å². The van der Waals surface area contributed by atoms with Gasteiger partial charge < -0.3 is 10.1 Å². The van der Waals surface area contributed by atoms with Crippen molar-refractivity contribution in [1.29, 1.82) is 0 Å². The molecule has 2 rings (SSSR count). The molecular formula is C18H19F3N2O4S. The summed E-state index contributed by atoms with van der Waals surface area (Å²) in [6.45, 7) is 3.83. The summed E-state index contributed by atoms with van der Waals surface area (Å²) < 4.78 is 67.2. The molecule has 0 aliphatic rings. The lowest BCUT2D eigenvalue weighted by Crippen LogP contribution is -2.17. The third-order valence-electron chi connectivity index (χ3n) is 3.38. The number of nitrogens with one attached hydrogen (secondary N) is 2. The molecule has 0 saturated heterocycles. The van der Waals surface area contributed by atoms with Gasteiger partial charge in [-0.1, -0.05) is 13.8 Å². The van der Waals surface area contributed by atoms with E-state index in [0.29, 0.717) is 12.1 Å². The molecule has 152 valence electrons. The van der Waals surface area contributed by atoms with Gasteiger partial charge in [0.05, 0.1) is 4.90 Å². The second-order valence-electron chi connectivity index (χ2n) is 6.35. The quantitative estimate of drug-likeness (QED) is 0.702. The fraction of sp³-hybridized carbons (Fsp3) is 0.278. The van der Waals surface area contributed by atoms with Gasteiger partial charge in [-0.3, -0.25) is 9.52 Å². The summed E-state index contributed by atoms with van der Waals surface area (Å²) in [7, 11) is -4.00. The summed E-state index contributed by atoms with van der Waals surface area (Å²) in [5.74, 6) is -0.462. The molecule has 0 aromatic heterocycles. The van der Waals surface area contributed by atoms with Crippen LogP contribution in [0.5, 0.6) is 5.75 Å². The molecule has 10 heteroatoms. The lowest BCUT2D eigenvalue weighted by molar-refractivity contribution is -0.274. The topological polar surface area (TPSA) is 84.5 Å². The van der Waals surface area contributed by atoms with E-state index >= 15 is 0 Å². The first kappa shape index (κ1) is 21.5. The Bertz CT molecular complexity index is 909. The Kier molecular flexibility index (Phi) is 6.55. The Morgan fingerprint density at radius 3 is 2.04 bits per heavy atom. The Morgan fingerprint density at radius 2 is 1.54 bits per heavy atom. The van der Waals surface area contributed by atoms with Crippen LogP contribution < -0.4 is 14.8 Å². The van der Waals surface area contributed by atoms with Crippen LogP contribution in [0.1, 0.15) is 20.3 Å². The molecule has 0 heterocycles. The highest BCUT2D eigenvalue weighted by molar-refractivity contribution is 7.92. The van der Waals surface area contributed by atoms with Gasteiger partial charge in [-0.05, 0) is 54.4 Å². The second kappa shape index (κ2) is 8.51. The van der Waals surface area contributed by atoms with Gasteiger partial charge in [-0.15, -0.1) is 13.2 Å². The SMILES string of the molecule is CC(C)CC(=O)Nc1ccc(NS(=O)(=O)c2ccc(OC(F)(F)F)cc2)cc1. The molecule has 2 N–H and O–H groups in total. The molecule has 0 aliphatic heterocycles. The minimum Gasteiger partial charge on any atom is -0.406 e. The van der Waals surface area contributed by atoms with E-state index in [2.05, 4.69) is 14.8 Å². The Morgan fingerprint density at radius 1 is 1.00 bits per heavy atom. The van der Waals surface area contributed by atoms with Crippen LogP contribution in [-0.4, -0.2) is 20.7 Å². The lowest BCUT2D eigenvalue weighted by atomic mass is 10.1. The summed E-state index contributed by atoms with van der Waals surface area (Å²) in [6, 6.07) is 9.83. The van der Waals surface area contributed by atoms with Crippen LogP contribution in [0, 0.1) is 5.92 Å². The van der Waals surface area contributed by atoms with Crippen molar-refractivity contribution < 1.29 is 31.1 Å². The minimum atomic E-state index is -4.86. The number of hydrogen-bond acceptors (Lipinski definition) is 4. The van der Waals surface area contributed by atoms with E-state index in [1.54, 1.807) is 0 Å². The summed E-state index contributed by atoms with van der Waals surface area (Å²) in [4.78, 5) is 11.5. The molecule has 0 saturated carbocycles. The Labute approximate surface area is 160 Å². The van der Waals surface area contributed by atoms with Gasteiger partial charge in [0.25, 0.3) is 10.0 Å². The van der Waals surface area contributed by atoms with E-state index in [-0.39, 0.29) is 22.4 Å². The number of amides is 1. The minimum absolute atomic E-state index is 0.149. The summed E-state index contributed by atoms with van der Waals surface area (Å²) in [5.41, 5.74) is 0.750.